The van der Waals surface area contributed by atoms with Gasteiger partial charge in [0.2, 0.25) is 17.7 Å². The van der Waals surface area contributed by atoms with Gasteiger partial charge in [0.05, 0.1) is 33.2 Å². The molecule has 0 aliphatic carbocycles. The number of ether oxygens (including phenoxy) is 5. The number of hydrogen-bond donors (Lipinski definition) is 12. The molecule has 8 rings (SSSR count). The monoisotopic (exact) mass is 1140 g/mol. The van der Waals surface area contributed by atoms with Gasteiger partial charge >= 0.3 is 42.6 Å². The lowest BCUT2D eigenvalue weighted by Crippen LogP contribution is -2.46. The Labute approximate surface area is 410 Å². The molecule has 3 aliphatic rings. The Morgan fingerprint density at radius 1 is 0.703 bits per heavy atom. The van der Waals surface area contributed by atoms with Crippen molar-refractivity contribution in [2.24, 2.45) is 7.05 Å². The summed E-state index contributed by atoms with van der Waals surface area (Å²) in [7, 11) is -19.8. The predicted molar refractivity (Wildman–Crippen MR) is 237 cm³/mol. The third-order valence-corrected chi connectivity index (χ3v) is 16.5. The summed E-state index contributed by atoms with van der Waals surface area (Å²) in [6.45, 7) is -3.35. The number of phosphoric acid groups is 4. The van der Waals surface area contributed by atoms with Crippen LogP contribution in [0.2, 0.25) is 0 Å². The van der Waals surface area contributed by atoms with Gasteiger partial charge in [0, 0.05) is 20.4 Å². The van der Waals surface area contributed by atoms with Crippen LogP contribution in [-0.4, -0.2) is 167 Å². The van der Waals surface area contributed by atoms with Gasteiger partial charge in [-0.05, 0) is 6.07 Å². The highest BCUT2D eigenvalue weighted by Gasteiger charge is 2.54. The molecule has 0 saturated carbocycles. The molecule has 3 aliphatic heterocycles. The number of aliphatic hydroxyl groups is 3. The van der Waals surface area contributed by atoms with E-state index in [4.69, 9.17) is 59.0 Å². The van der Waals surface area contributed by atoms with E-state index in [0.29, 0.717) is 0 Å². The van der Waals surface area contributed by atoms with Crippen LogP contribution in [0.3, 0.4) is 0 Å². The third kappa shape index (κ3) is 11.5. The summed E-state index contributed by atoms with van der Waals surface area (Å²) in [6.07, 6.45) is -16.3. The molecule has 5 aromatic rings. The first-order chi connectivity index (χ1) is 34.6. The van der Waals surface area contributed by atoms with Gasteiger partial charge in [-0.25, -0.2) is 32.6 Å². The number of nitrogens with one attached hydrogen (secondary N) is 2. The minimum Gasteiger partial charge on any atom is -0.387 e. The van der Waals surface area contributed by atoms with Crippen molar-refractivity contribution in [2.75, 3.05) is 51.2 Å². The van der Waals surface area contributed by atoms with Crippen molar-refractivity contribution in [3.8, 4) is 0 Å². The standard InChI is InChI=1S/C32H45N13O25P4/c1-42-10-45(24-16(42)26(50)41-31(35)39-24)28-19(48)20(60-2)12(66-28)7-63-72(54,55)69-74(58,59)70-73(56,57)64-8-13-21(22(61-3)29(67-13)43-5-4-14(33)37-32(43)51)68-71(52,53)62-6-11-17(46)18(47)27(65-11)44-9-36-15-23(44)38-30(34)40-25(15)49/h4-5,9-13,17-22,27-29,46-48H,6-8H2,1-3H3,(H11-,33,34,35,37,38,39,40,41,49,50,51,52,53,54,55,56,57,58,59)/p+1/t11-,12+,13-,17+,18+,19?,20?,21+,22+,27-,28+,29-/m1/s1. The number of nitrogen functional groups attached to an aromatic ring is 3. The van der Waals surface area contributed by atoms with E-state index in [1.165, 1.54) is 22.5 Å². The minimum atomic E-state index is -6.19. The maximum absolute atomic E-state index is 13.6. The first kappa shape index (κ1) is 55.4. The lowest BCUT2D eigenvalue weighted by atomic mass is 10.1. The van der Waals surface area contributed by atoms with Gasteiger partial charge in [-0.15, -0.1) is 0 Å². The van der Waals surface area contributed by atoms with E-state index in [-0.39, 0.29) is 40.0 Å². The summed E-state index contributed by atoms with van der Waals surface area (Å²) in [5.74, 6) is -0.852. The number of H-pyrrole nitrogens is 2. The smallest absolute Gasteiger partial charge is 0.387 e. The Kier molecular flexibility index (Phi) is 15.7. The molecule has 6 unspecified atom stereocenters. The Bertz CT molecular complexity index is 3300. The Balaban J connectivity index is 0.921. The van der Waals surface area contributed by atoms with Crippen LogP contribution in [0.4, 0.5) is 17.7 Å². The summed E-state index contributed by atoms with van der Waals surface area (Å²) in [6, 6.07) is 1.14. The fourth-order valence-corrected chi connectivity index (χ4v) is 12.6. The summed E-state index contributed by atoms with van der Waals surface area (Å²) in [5.41, 5.74) is 14.1. The maximum atomic E-state index is 13.6. The van der Waals surface area contributed by atoms with Crippen LogP contribution in [0.25, 0.3) is 22.3 Å². The van der Waals surface area contributed by atoms with Crippen molar-refractivity contribution < 1.29 is 108 Å². The van der Waals surface area contributed by atoms with Crippen molar-refractivity contribution >= 4 is 71.3 Å². The lowest BCUT2D eigenvalue weighted by molar-refractivity contribution is -0.745. The Morgan fingerprint density at radius 3 is 1.92 bits per heavy atom. The van der Waals surface area contributed by atoms with Crippen LogP contribution < -0.4 is 38.6 Å². The fourth-order valence-electron chi connectivity index (χ4n) is 8.13. The molecular formula is C32H46N13O25P4+. The number of hydrogen-bond acceptors (Lipinski definition) is 28. The number of aryl methyl sites for hydroxylation is 1. The molecule has 3 fully saturated rings. The van der Waals surface area contributed by atoms with Crippen molar-refractivity contribution in [3.63, 3.8) is 0 Å². The van der Waals surface area contributed by atoms with E-state index < -0.39 is 142 Å². The molecular weight excluding hydrogens is 1090 g/mol. The molecule has 42 heteroatoms. The van der Waals surface area contributed by atoms with Gasteiger partial charge < -0.3 is 75.8 Å². The minimum absolute atomic E-state index is 0.0151. The van der Waals surface area contributed by atoms with Gasteiger partial charge in [0.1, 0.15) is 60.8 Å². The largest absolute Gasteiger partial charge is 0.490 e. The lowest BCUT2D eigenvalue weighted by Gasteiger charge is -2.26. The van der Waals surface area contributed by atoms with Crippen LogP contribution in [0.15, 0.2) is 39.3 Å². The number of imidazole rings is 2. The predicted octanol–water partition coefficient (Wildman–Crippen LogP) is -4.64. The number of methoxy groups -OCH3 is 2. The SMILES string of the molecule is COC1C(O)[C@@H]([n+]2cn(C)c3c(=O)[nH]c(N)nc32)O[C@H]1COP(=O)(O)OP(=O)(O)OP(=O)(O)OC[C@H]1O[C@@H](n2ccc(N)nc2=O)[C@@H](OC)[C@H]1OP(=O)(O)OC[C@H]1O[C@@H](n2cnc3c(=O)[nH]c(N)nc32)[C@@H](O)[C@H]1O. The van der Waals surface area contributed by atoms with E-state index in [1.54, 1.807) is 0 Å². The fraction of sp³-hybridized carbons (Fsp3) is 0.562. The molecule has 0 spiro atoms. The van der Waals surface area contributed by atoms with E-state index in [0.717, 1.165) is 41.9 Å². The molecule has 38 nitrogen and oxygen atoms in total. The van der Waals surface area contributed by atoms with Crippen LogP contribution in [0, 0.1) is 0 Å². The first-order valence-corrected chi connectivity index (χ1v) is 26.8. The Morgan fingerprint density at radius 2 is 1.28 bits per heavy atom. The highest BCUT2D eigenvalue weighted by Crippen LogP contribution is 2.68. The molecule has 15 N–H and O–H groups in total. The molecule has 5 aromatic heterocycles. The zero-order valence-electron chi connectivity index (χ0n) is 37.9. The molecule has 0 aromatic carbocycles. The van der Waals surface area contributed by atoms with E-state index in [1.807, 2.05) is 0 Å². The number of rotatable bonds is 20. The Hall–Kier alpha value is -4.82. The molecule has 16 atom stereocenters. The van der Waals surface area contributed by atoms with Crippen molar-refractivity contribution in [1.29, 1.82) is 0 Å². The number of aromatic amines is 2. The van der Waals surface area contributed by atoms with Gasteiger partial charge in [-0.2, -0.15) is 18.6 Å². The average Bonchev–Trinajstić information content (AvgIpc) is 4.09. The highest BCUT2D eigenvalue weighted by molar-refractivity contribution is 7.66. The number of anilines is 3. The van der Waals surface area contributed by atoms with Gasteiger partial charge in [0.15, 0.2) is 29.9 Å². The molecule has 408 valence electrons. The second kappa shape index (κ2) is 21.0. The molecule has 0 radical (unpaired) electrons. The molecule has 0 bridgehead atoms. The molecule has 3 saturated heterocycles. The number of nitrogens with two attached hydrogens (primary N) is 3. The number of aromatic nitrogens is 10. The average molecular weight is 1140 g/mol. The van der Waals surface area contributed by atoms with E-state index in [9.17, 15) is 67.5 Å². The molecule has 0 amide bonds. The van der Waals surface area contributed by atoms with Gasteiger partial charge in [0.25, 0.3) is 17.1 Å². The van der Waals surface area contributed by atoms with Gasteiger partial charge in [-0.1, -0.05) is 4.98 Å². The van der Waals surface area contributed by atoms with Crippen molar-refractivity contribution in [3.05, 3.63) is 56.1 Å². The number of fused-ring (bicyclic) bond motifs is 2. The van der Waals surface area contributed by atoms with Crippen molar-refractivity contribution in [2.45, 2.75) is 73.6 Å². The van der Waals surface area contributed by atoms with E-state index >= 15 is 0 Å². The van der Waals surface area contributed by atoms with E-state index in [2.05, 4.69) is 38.5 Å². The zero-order valence-corrected chi connectivity index (χ0v) is 41.5. The summed E-state index contributed by atoms with van der Waals surface area (Å²) in [5, 5.41) is 32.7. The molecule has 74 heavy (non-hydrogen) atoms. The van der Waals surface area contributed by atoms with Crippen LogP contribution >= 0.6 is 31.3 Å². The van der Waals surface area contributed by atoms with Crippen molar-refractivity contribution in [1.82, 2.24) is 43.6 Å². The quantitative estimate of drug-likeness (QED) is 0.0258. The second-order valence-corrected chi connectivity index (χ2v) is 22.2. The second-order valence-electron chi connectivity index (χ2n) is 16.1. The zero-order chi connectivity index (χ0) is 54.0. The van der Waals surface area contributed by atoms with Gasteiger partial charge in [-0.3, -0.25) is 51.4 Å². The van der Waals surface area contributed by atoms with Crippen LogP contribution in [0.1, 0.15) is 18.7 Å². The molecule has 8 heterocycles. The third-order valence-electron chi connectivity index (χ3n) is 11.3. The van der Waals surface area contributed by atoms with Crippen LogP contribution in [0.5, 0.6) is 0 Å². The normalized spacial score (nSPS) is 30.6. The summed E-state index contributed by atoms with van der Waals surface area (Å²) >= 11 is 0. The number of nitrogens with zero attached hydrogens (tertiary/aromatic N) is 8. The number of phosphoric ester groups is 3. The first-order valence-electron chi connectivity index (χ1n) is 20.9. The number of aliphatic hydroxyl groups excluding tert-OH is 3. The van der Waals surface area contributed by atoms with Crippen LogP contribution in [-0.2, 0) is 75.7 Å². The highest BCUT2D eigenvalue weighted by atomic mass is 31.3. The topological polar surface area (TPSA) is 542 Å². The summed E-state index contributed by atoms with van der Waals surface area (Å²) in [4.78, 5) is 100.0. The summed E-state index contributed by atoms with van der Waals surface area (Å²) < 4.78 is 113. The maximum Gasteiger partial charge on any atom is 0.490 e.